The second kappa shape index (κ2) is 8.26. The Morgan fingerprint density at radius 1 is 1.15 bits per heavy atom. The number of aromatic nitrogens is 1. The van der Waals surface area contributed by atoms with Crippen LogP contribution in [0.2, 0.25) is 0 Å². The maximum Gasteiger partial charge on any atom is 0.306 e. The fourth-order valence-electron chi connectivity index (χ4n) is 2.69. The van der Waals surface area contributed by atoms with Gasteiger partial charge in [0.2, 0.25) is 0 Å². The molecule has 134 valence electrons. The number of hydrogen-bond donors (Lipinski definition) is 1. The first-order chi connectivity index (χ1) is 12.3. The van der Waals surface area contributed by atoms with Crippen molar-refractivity contribution >= 4 is 11.8 Å². The van der Waals surface area contributed by atoms with E-state index in [0.29, 0.717) is 23.2 Å². The highest BCUT2D eigenvalue weighted by atomic mass is 16.5. The van der Waals surface area contributed by atoms with Gasteiger partial charge in [-0.2, -0.15) is 5.26 Å². The Morgan fingerprint density at radius 3 is 2.42 bits per heavy atom. The van der Waals surface area contributed by atoms with E-state index in [2.05, 4.69) is 4.98 Å². The zero-order valence-electron chi connectivity index (χ0n) is 15.0. The molecule has 0 atom stereocenters. The van der Waals surface area contributed by atoms with Crippen LogP contribution in [0.5, 0.6) is 0 Å². The van der Waals surface area contributed by atoms with Gasteiger partial charge in [-0.25, -0.2) is 0 Å². The fourth-order valence-corrected chi connectivity index (χ4v) is 2.69. The molecule has 1 aromatic heterocycles. The second-order valence-corrected chi connectivity index (χ2v) is 6.12. The number of ketones is 1. The van der Waals surface area contributed by atoms with Crippen molar-refractivity contribution in [2.24, 2.45) is 0 Å². The summed E-state index contributed by atoms with van der Waals surface area (Å²) in [6, 6.07) is 8.92. The summed E-state index contributed by atoms with van der Waals surface area (Å²) in [5.41, 5.74) is 3.08. The van der Waals surface area contributed by atoms with Gasteiger partial charge in [0.15, 0.2) is 12.4 Å². The van der Waals surface area contributed by atoms with Gasteiger partial charge >= 0.3 is 5.97 Å². The standard InChI is InChI=1S/C20H20N2O4/c1-12-4-6-15(7-5-12)18(23)11-26-19(24)9-8-16-13(2)17(10-21)20(25)22-14(16)3/h4-7H,8-9,11H2,1-3H3,(H,22,25). The van der Waals surface area contributed by atoms with E-state index >= 15 is 0 Å². The van der Waals surface area contributed by atoms with Gasteiger partial charge in [-0.05, 0) is 38.3 Å². The highest BCUT2D eigenvalue weighted by Crippen LogP contribution is 2.15. The van der Waals surface area contributed by atoms with Crippen LogP contribution in [0, 0.1) is 32.1 Å². The summed E-state index contributed by atoms with van der Waals surface area (Å²) in [5.74, 6) is -0.768. The number of nitriles is 1. The molecule has 2 aromatic rings. The summed E-state index contributed by atoms with van der Waals surface area (Å²) in [4.78, 5) is 38.3. The number of aryl methyl sites for hydroxylation is 2. The Labute approximate surface area is 151 Å². The molecule has 0 unspecified atom stereocenters. The van der Waals surface area contributed by atoms with Gasteiger partial charge in [0, 0.05) is 17.7 Å². The minimum absolute atomic E-state index is 0.0496. The molecule has 6 nitrogen and oxygen atoms in total. The topological polar surface area (TPSA) is 100 Å². The van der Waals surface area contributed by atoms with Crippen molar-refractivity contribution in [3.05, 3.63) is 68.1 Å². The first-order valence-electron chi connectivity index (χ1n) is 8.21. The number of ether oxygens (including phenoxy) is 1. The molecule has 1 N–H and O–H groups in total. The highest BCUT2D eigenvalue weighted by molar-refractivity contribution is 5.97. The third kappa shape index (κ3) is 4.45. The number of H-pyrrole nitrogens is 1. The molecule has 0 saturated carbocycles. The van der Waals surface area contributed by atoms with Crippen LogP contribution in [0.1, 0.15) is 44.7 Å². The number of carbonyl (C=O) groups excluding carboxylic acids is 2. The monoisotopic (exact) mass is 352 g/mol. The quantitative estimate of drug-likeness (QED) is 0.636. The van der Waals surface area contributed by atoms with Gasteiger partial charge < -0.3 is 9.72 Å². The molecular formula is C20H20N2O4. The lowest BCUT2D eigenvalue weighted by atomic mass is 9.99. The normalized spacial score (nSPS) is 10.2. The maximum atomic E-state index is 12.0. The Morgan fingerprint density at radius 2 is 1.81 bits per heavy atom. The molecule has 0 amide bonds. The zero-order chi connectivity index (χ0) is 19.3. The number of aromatic amines is 1. The van der Waals surface area contributed by atoms with Crippen LogP contribution in [0.3, 0.4) is 0 Å². The number of Topliss-reactive ketones (excluding diaryl/α,β-unsaturated/α-hetero) is 1. The molecule has 6 heteroatoms. The van der Waals surface area contributed by atoms with Crippen molar-refractivity contribution in [3.63, 3.8) is 0 Å². The van der Waals surface area contributed by atoms with Crippen LogP contribution in [0.15, 0.2) is 29.1 Å². The molecule has 26 heavy (non-hydrogen) atoms. The molecular weight excluding hydrogens is 332 g/mol. The molecule has 0 aliphatic rings. The summed E-state index contributed by atoms with van der Waals surface area (Å²) in [5, 5.41) is 9.06. The Balaban J connectivity index is 1.95. The Hall–Kier alpha value is -3.20. The van der Waals surface area contributed by atoms with Crippen LogP contribution < -0.4 is 5.56 Å². The smallest absolute Gasteiger partial charge is 0.306 e. The summed E-state index contributed by atoms with van der Waals surface area (Å²) in [7, 11) is 0. The lowest BCUT2D eigenvalue weighted by molar-refractivity contribution is -0.142. The second-order valence-electron chi connectivity index (χ2n) is 6.12. The minimum atomic E-state index is -0.506. The lowest BCUT2D eigenvalue weighted by Crippen LogP contribution is -2.18. The van der Waals surface area contributed by atoms with Crippen LogP contribution in [0.4, 0.5) is 0 Å². The van der Waals surface area contributed by atoms with E-state index in [-0.39, 0.29) is 24.4 Å². The average Bonchev–Trinajstić information content (AvgIpc) is 2.60. The number of nitrogens with zero attached hydrogens (tertiary/aromatic N) is 1. The van der Waals surface area contributed by atoms with Crippen molar-refractivity contribution < 1.29 is 14.3 Å². The highest BCUT2D eigenvalue weighted by Gasteiger charge is 2.15. The SMILES string of the molecule is Cc1ccc(C(=O)COC(=O)CCc2c(C)[nH]c(=O)c(C#N)c2C)cc1. The van der Waals surface area contributed by atoms with Gasteiger partial charge in [0.25, 0.3) is 5.56 Å². The summed E-state index contributed by atoms with van der Waals surface area (Å²) >= 11 is 0. The van der Waals surface area contributed by atoms with E-state index in [0.717, 1.165) is 11.1 Å². The molecule has 1 heterocycles. The number of hydrogen-bond acceptors (Lipinski definition) is 5. The largest absolute Gasteiger partial charge is 0.457 e. The summed E-state index contributed by atoms with van der Waals surface area (Å²) in [6.45, 7) is 5.02. The number of pyridine rings is 1. The van der Waals surface area contributed by atoms with Crippen molar-refractivity contribution in [2.75, 3.05) is 6.61 Å². The first kappa shape index (κ1) is 19.1. The zero-order valence-corrected chi connectivity index (χ0v) is 15.0. The van der Waals surface area contributed by atoms with E-state index in [4.69, 9.17) is 10.00 Å². The van der Waals surface area contributed by atoms with Crippen LogP contribution in [-0.2, 0) is 16.0 Å². The van der Waals surface area contributed by atoms with Gasteiger partial charge in [-0.15, -0.1) is 0 Å². The predicted octanol–water partition coefficient (Wildman–Crippen LogP) is 2.53. The molecule has 0 fully saturated rings. The summed E-state index contributed by atoms with van der Waals surface area (Å²) < 4.78 is 5.04. The number of rotatable bonds is 6. The van der Waals surface area contributed by atoms with Crippen molar-refractivity contribution in [1.29, 1.82) is 5.26 Å². The molecule has 0 aliphatic carbocycles. The van der Waals surface area contributed by atoms with Crippen molar-refractivity contribution in [2.45, 2.75) is 33.6 Å². The molecule has 2 rings (SSSR count). The van der Waals surface area contributed by atoms with E-state index in [1.807, 2.05) is 25.1 Å². The van der Waals surface area contributed by atoms with Gasteiger partial charge in [0.1, 0.15) is 11.6 Å². The predicted molar refractivity (Wildman–Crippen MR) is 96.0 cm³/mol. The van der Waals surface area contributed by atoms with Crippen LogP contribution >= 0.6 is 0 Å². The van der Waals surface area contributed by atoms with Gasteiger partial charge in [-0.3, -0.25) is 14.4 Å². The molecule has 0 aliphatic heterocycles. The summed E-state index contributed by atoms with van der Waals surface area (Å²) in [6.07, 6.45) is 0.375. The van der Waals surface area contributed by atoms with Gasteiger partial charge in [-0.1, -0.05) is 29.8 Å². The van der Waals surface area contributed by atoms with E-state index < -0.39 is 11.5 Å². The molecule has 0 bridgehead atoms. The van der Waals surface area contributed by atoms with E-state index in [9.17, 15) is 14.4 Å². The van der Waals surface area contributed by atoms with Crippen molar-refractivity contribution in [1.82, 2.24) is 4.98 Å². The molecule has 1 aromatic carbocycles. The van der Waals surface area contributed by atoms with Crippen LogP contribution in [0.25, 0.3) is 0 Å². The van der Waals surface area contributed by atoms with Gasteiger partial charge in [0.05, 0.1) is 0 Å². The van der Waals surface area contributed by atoms with E-state index in [1.165, 1.54) is 0 Å². The minimum Gasteiger partial charge on any atom is -0.457 e. The third-order valence-corrected chi connectivity index (χ3v) is 4.24. The Kier molecular flexibility index (Phi) is 6.07. The average molecular weight is 352 g/mol. The first-order valence-corrected chi connectivity index (χ1v) is 8.21. The molecule has 0 saturated heterocycles. The Bertz CT molecular complexity index is 934. The fraction of sp³-hybridized carbons (Fsp3) is 0.300. The maximum absolute atomic E-state index is 12.0. The van der Waals surface area contributed by atoms with Crippen LogP contribution in [-0.4, -0.2) is 23.3 Å². The van der Waals surface area contributed by atoms with Crippen molar-refractivity contribution in [3.8, 4) is 6.07 Å². The molecule has 0 spiro atoms. The number of nitrogens with one attached hydrogen (secondary N) is 1. The number of esters is 1. The number of carbonyl (C=O) groups is 2. The molecule has 0 radical (unpaired) electrons. The third-order valence-electron chi connectivity index (χ3n) is 4.24. The lowest BCUT2D eigenvalue weighted by Gasteiger charge is -2.10. The number of benzene rings is 1. The van der Waals surface area contributed by atoms with E-state index in [1.54, 1.807) is 26.0 Å².